The first-order chi connectivity index (χ1) is 8.93. The Kier molecular flexibility index (Phi) is 5.51. The number of aromatic carboxylic acids is 1. The maximum Gasteiger partial charge on any atom is 0.335 e. The molecule has 0 radical (unpaired) electrons. The van der Waals surface area contributed by atoms with E-state index in [0.29, 0.717) is 18.5 Å². The Morgan fingerprint density at radius 3 is 2.53 bits per heavy atom. The first-order valence-corrected chi connectivity index (χ1v) is 6.28. The van der Waals surface area contributed by atoms with Gasteiger partial charge >= 0.3 is 5.97 Å². The maximum atomic E-state index is 11.7. The summed E-state index contributed by atoms with van der Waals surface area (Å²) >= 11 is 0. The predicted octanol–water partition coefficient (Wildman–Crippen LogP) is 1.03. The summed E-state index contributed by atoms with van der Waals surface area (Å²) in [6.45, 7) is 3.95. The lowest BCUT2D eigenvalue weighted by Crippen LogP contribution is -2.39. The van der Waals surface area contributed by atoms with Gasteiger partial charge in [-0.1, -0.05) is 25.1 Å². The van der Waals surface area contributed by atoms with Gasteiger partial charge < -0.3 is 16.2 Å². The summed E-state index contributed by atoms with van der Waals surface area (Å²) in [7, 11) is 0. The normalized spacial score (nSPS) is 13.6. The van der Waals surface area contributed by atoms with Gasteiger partial charge in [0.1, 0.15) is 0 Å². The second-order valence-corrected chi connectivity index (χ2v) is 4.65. The number of hydrogen-bond donors (Lipinski definition) is 3. The Hall–Kier alpha value is -1.88. The van der Waals surface area contributed by atoms with Crippen LogP contribution >= 0.6 is 0 Å². The highest BCUT2D eigenvalue weighted by Gasteiger charge is 2.16. The van der Waals surface area contributed by atoms with Crippen LogP contribution in [0.25, 0.3) is 0 Å². The molecule has 1 rings (SSSR count). The van der Waals surface area contributed by atoms with E-state index in [9.17, 15) is 9.59 Å². The van der Waals surface area contributed by atoms with Crippen molar-refractivity contribution in [2.24, 2.45) is 11.7 Å². The number of amides is 1. The van der Waals surface area contributed by atoms with E-state index in [1.807, 2.05) is 0 Å². The topological polar surface area (TPSA) is 92.4 Å². The monoisotopic (exact) mass is 264 g/mol. The fraction of sp³-hybridized carbons (Fsp3) is 0.429. The van der Waals surface area contributed by atoms with Crippen LogP contribution in [0.3, 0.4) is 0 Å². The summed E-state index contributed by atoms with van der Waals surface area (Å²) in [6, 6.07) is 6.58. The molecule has 1 aromatic carbocycles. The van der Waals surface area contributed by atoms with E-state index in [1.54, 1.807) is 38.1 Å². The fourth-order valence-corrected chi connectivity index (χ4v) is 1.67. The molecule has 104 valence electrons. The minimum atomic E-state index is -0.953. The Bertz CT molecular complexity index is 458. The molecule has 0 saturated carbocycles. The number of benzene rings is 1. The number of carboxylic acid groups (broad SMARTS) is 1. The smallest absolute Gasteiger partial charge is 0.335 e. The molecule has 0 spiro atoms. The van der Waals surface area contributed by atoms with Crippen molar-refractivity contribution in [3.8, 4) is 0 Å². The standard InChI is InChI=1S/C14H20N2O3/c1-9(10(2)15)13(17)16-8-7-11-5-3-4-6-12(11)14(18)19/h3-6,9-10H,7-8,15H2,1-2H3,(H,16,17)(H,18,19). The molecule has 1 amide bonds. The van der Waals surface area contributed by atoms with Gasteiger partial charge in [0.25, 0.3) is 0 Å². The molecule has 5 nitrogen and oxygen atoms in total. The lowest BCUT2D eigenvalue weighted by atomic mass is 10.0. The Labute approximate surface area is 112 Å². The fourth-order valence-electron chi connectivity index (χ4n) is 1.67. The van der Waals surface area contributed by atoms with Gasteiger partial charge in [-0.3, -0.25) is 4.79 Å². The van der Waals surface area contributed by atoms with Crippen LogP contribution < -0.4 is 11.1 Å². The van der Waals surface area contributed by atoms with Crippen molar-refractivity contribution in [3.63, 3.8) is 0 Å². The number of carbonyl (C=O) groups excluding carboxylic acids is 1. The van der Waals surface area contributed by atoms with Gasteiger partial charge in [-0.2, -0.15) is 0 Å². The third-order valence-corrected chi connectivity index (χ3v) is 3.14. The van der Waals surface area contributed by atoms with Crippen molar-refractivity contribution < 1.29 is 14.7 Å². The van der Waals surface area contributed by atoms with Gasteiger partial charge in [0.2, 0.25) is 5.91 Å². The predicted molar refractivity (Wildman–Crippen MR) is 72.9 cm³/mol. The van der Waals surface area contributed by atoms with Crippen molar-refractivity contribution >= 4 is 11.9 Å². The second kappa shape index (κ2) is 6.89. The number of carboxylic acids is 1. The van der Waals surface area contributed by atoms with Gasteiger partial charge in [0.15, 0.2) is 0 Å². The van der Waals surface area contributed by atoms with E-state index in [1.165, 1.54) is 0 Å². The molecule has 0 heterocycles. The first-order valence-electron chi connectivity index (χ1n) is 6.28. The van der Waals surface area contributed by atoms with E-state index in [-0.39, 0.29) is 23.4 Å². The van der Waals surface area contributed by atoms with Crippen LogP contribution in [-0.2, 0) is 11.2 Å². The molecule has 0 aliphatic heterocycles. The molecular weight excluding hydrogens is 244 g/mol. The third-order valence-electron chi connectivity index (χ3n) is 3.14. The number of hydrogen-bond acceptors (Lipinski definition) is 3. The maximum absolute atomic E-state index is 11.7. The highest BCUT2D eigenvalue weighted by Crippen LogP contribution is 2.09. The van der Waals surface area contributed by atoms with Crippen molar-refractivity contribution in [1.82, 2.24) is 5.32 Å². The van der Waals surface area contributed by atoms with E-state index in [4.69, 9.17) is 10.8 Å². The van der Waals surface area contributed by atoms with Gasteiger partial charge in [-0.15, -0.1) is 0 Å². The lowest BCUT2D eigenvalue weighted by molar-refractivity contribution is -0.124. The average Bonchev–Trinajstić information content (AvgIpc) is 2.37. The molecule has 19 heavy (non-hydrogen) atoms. The van der Waals surface area contributed by atoms with Crippen LogP contribution in [0.1, 0.15) is 29.8 Å². The van der Waals surface area contributed by atoms with Gasteiger partial charge in [0, 0.05) is 18.5 Å². The van der Waals surface area contributed by atoms with E-state index >= 15 is 0 Å². The van der Waals surface area contributed by atoms with Crippen LogP contribution in [0.15, 0.2) is 24.3 Å². The van der Waals surface area contributed by atoms with Crippen LogP contribution in [0.5, 0.6) is 0 Å². The zero-order chi connectivity index (χ0) is 14.4. The molecule has 5 heteroatoms. The highest BCUT2D eigenvalue weighted by atomic mass is 16.4. The van der Waals surface area contributed by atoms with E-state index in [0.717, 1.165) is 0 Å². The SMILES string of the molecule is CC(N)C(C)C(=O)NCCc1ccccc1C(=O)O. The molecular formula is C14H20N2O3. The minimum absolute atomic E-state index is 0.109. The minimum Gasteiger partial charge on any atom is -0.478 e. The number of nitrogens with one attached hydrogen (secondary N) is 1. The Morgan fingerprint density at radius 2 is 1.95 bits per heavy atom. The quantitative estimate of drug-likeness (QED) is 0.715. The molecule has 0 aliphatic rings. The Morgan fingerprint density at radius 1 is 1.32 bits per heavy atom. The van der Waals surface area contributed by atoms with Crippen molar-refractivity contribution in [2.45, 2.75) is 26.3 Å². The zero-order valence-electron chi connectivity index (χ0n) is 11.2. The summed E-state index contributed by atoms with van der Waals surface area (Å²) < 4.78 is 0. The van der Waals surface area contributed by atoms with Crippen LogP contribution in [-0.4, -0.2) is 29.6 Å². The summed E-state index contributed by atoms with van der Waals surface area (Å²) in [4.78, 5) is 22.7. The molecule has 0 bridgehead atoms. The number of carbonyl (C=O) groups is 2. The van der Waals surface area contributed by atoms with Gasteiger partial charge in [0.05, 0.1) is 5.56 Å². The summed E-state index contributed by atoms with van der Waals surface area (Å²) in [5.74, 6) is -1.32. The van der Waals surface area contributed by atoms with Crippen molar-refractivity contribution in [2.75, 3.05) is 6.54 Å². The molecule has 0 aromatic heterocycles. The molecule has 2 atom stereocenters. The Balaban J connectivity index is 2.54. The zero-order valence-corrected chi connectivity index (χ0v) is 11.2. The molecule has 0 fully saturated rings. The molecule has 0 aliphatic carbocycles. The van der Waals surface area contributed by atoms with E-state index in [2.05, 4.69) is 5.32 Å². The molecule has 4 N–H and O–H groups in total. The van der Waals surface area contributed by atoms with Crippen LogP contribution in [0, 0.1) is 5.92 Å². The highest BCUT2D eigenvalue weighted by molar-refractivity contribution is 5.89. The molecule has 2 unspecified atom stereocenters. The van der Waals surface area contributed by atoms with Crippen molar-refractivity contribution in [1.29, 1.82) is 0 Å². The van der Waals surface area contributed by atoms with Crippen LogP contribution in [0.4, 0.5) is 0 Å². The van der Waals surface area contributed by atoms with Gasteiger partial charge in [-0.25, -0.2) is 4.79 Å². The van der Waals surface area contributed by atoms with E-state index < -0.39 is 5.97 Å². The largest absolute Gasteiger partial charge is 0.478 e. The molecule has 0 saturated heterocycles. The number of nitrogens with two attached hydrogens (primary N) is 1. The van der Waals surface area contributed by atoms with Gasteiger partial charge in [-0.05, 0) is 25.0 Å². The summed E-state index contributed by atoms with van der Waals surface area (Å²) in [5.41, 5.74) is 6.63. The summed E-state index contributed by atoms with van der Waals surface area (Å²) in [6.07, 6.45) is 0.486. The number of rotatable bonds is 6. The second-order valence-electron chi connectivity index (χ2n) is 4.65. The first kappa shape index (κ1) is 15.2. The van der Waals surface area contributed by atoms with Crippen LogP contribution in [0.2, 0.25) is 0 Å². The third kappa shape index (κ3) is 4.37. The average molecular weight is 264 g/mol. The molecule has 1 aromatic rings. The summed E-state index contributed by atoms with van der Waals surface area (Å²) in [5, 5.41) is 11.8. The lowest BCUT2D eigenvalue weighted by Gasteiger charge is -2.15. The van der Waals surface area contributed by atoms with Crippen molar-refractivity contribution in [3.05, 3.63) is 35.4 Å².